The van der Waals surface area contributed by atoms with Crippen LogP contribution in [0.2, 0.25) is 0 Å². The van der Waals surface area contributed by atoms with Crippen molar-refractivity contribution in [2.45, 2.75) is 6.92 Å². The monoisotopic (exact) mass is 219 g/mol. The van der Waals surface area contributed by atoms with Gasteiger partial charge in [0.1, 0.15) is 16.9 Å². The smallest absolute Gasteiger partial charge is 0.349 e. The lowest BCUT2D eigenvalue weighted by atomic mass is 10.1. The van der Waals surface area contributed by atoms with Gasteiger partial charge in [-0.3, -0.25) is 0 Å². The molecule has 5 heteroatoms. The van der Waals surface area contributed by atoms with E-state index in [0.717, 1.165) is 0 Å². The number of para-hydroxylation sites is 1. The first kappa shape index (κ1) is 10.2. The van der Waals surface area contributed by atoms with Crippen LogP contribution in [0.3, 0.4) is 0 Å². The second-order valence-corrected chi connectivity index (χ2v) is 3.29. The lowest BCUT2D eigenvalue weighted by Gasteiger charge is -2.04. The van der Waals surface area contributed by atoms with Crippen molar-refractivity contribution in [3.63, 3.8) is 0 Å². The summed E-state index contributed by atoms with van der Waals surface area (Å²) in [4.78, 5) is 11.5. The summed E-state index contributed by atoms with van der Waals surface area (Å²) in [6, 6.07) is 6.59. The molecule has 0 spiro atoms. The van der Waals surface area contributed by atoms with Crippen LogP contribution in [0.5, 0.6) is 5.75 Å². The average Bonchev–Trinajstić information content (AvgIpc) is 2.28. The summed E-state index contributed by atoms with van der Waals surface area (Å²) in [7, 11) is 0. The molecule has 1 aromatic heterocycles. The summed E-state index contributed by atoms with van der Waals surface area (Å²) in [5.41, 5.74) is -0.552. The van der Waals surface area contributed by atoms with Crippen LogP contribution in [-0.4, -0.2) is 16.0 Å². The number of hydrogen-bond acceptors (Lipinski definition) is 5. The normalized spacial score (nSPS) is 11.9. The van der Waals surface area contributed by atoms with Crippen molar-refractivity contribution in [3.8, 4) is 5.75 Å². The van der Waals surface area contributed by atoms with Gasteiger partial charge in [0.15, 0.2) is 0 Å². The Morgan fingerprint density at radius 3 is 2.75 bits per heavy atom. The van der Waals surface area contributed by atoms with Crippen LogP contribution in [0.4, 0.5) is 0 Å². The second-order valence-electron chi connectivity index (χ2n) is 3.29. The second kappa shape index (κ2) is 3.69. The Morgan fingerprint density at radius 1 is 1.38 bits per heavy atom. The van der Waals surface area contributed by atoms with Gasteiger partial charge in [-0.05, 0) is 19.1 Å². The van der Waals surface area contributed by atoms with Gasteiger partial charge in [0.05, 0.1) is 11.1 Å². The fourth-order valence-electron chi connectivity index (χ4n) is 1.50. The van der Waals surface area contributed by atoms with Gasteiger partial charge in [-0.15, -0.1) is 0 Å². The molecular weight excluding hydrogens is 210 g/mol. The van der Waals surface area contributed by atoms with Crippen molar-refractivity contribution in [1.29, 1.82) is 0 Å². The third-order valence-corrected chi connectivity index (χ3v) is 2.30. The van der Waals surface area contributed by atoms with Crippen molar-refractivity contribution >= 4 is 16.7 Å². The van der Waals surface area contributed by atoms with Gasteiger partial charge in [-0.25, -0.2) is 4.79 Å². The summed E-state index contributed by atoms with van der Waals surface area (Å²) in [6.07, 6.45) is 0. The largest absolute Gasteiger partial charge is 0.506 e. The van der Waals surface area contributed by atoms with E-state index < -0.39 is 5.63 Å². The lowest BCUT2D eigenvalue weighted by Crippen LogP contribution is -2.12. The van der Waals surface area contributed by atoms with E-state index in [1.54, 1.807) is 24.3 Å². The standard InChI is InChI=1S/C11H9NO4/c1-6(12-15)9-10(13)7-4-2-3-5-8(7)16-11(9)14/h2-5,13,15H,1H3. The van der Waals surface area contributed by atoms with Gasteiger partial charge < -0.3 is 14.7 Å². The summed E-state index contributed by atoms with van der Waals surface area (Å²) in [5, 5.41) is 21.8. The van der Waals surface area contributed by atoms with Crippen LogP contribution in [-0.2, 0) is 0 Å². The molecule has 0 unspecified atom stereocenters. The molecule has 1 heterocycles. The number of nitrogens with zero attached hydrogens (tertiary/aromatic N) is 1. The Labute approximate surface area is 90.2 Å². The Bertz CT molecular complexity index is 627. The molecule has 2 rings (SSSR count). The first-order valence-electron chi connectivity index (χ1n) is 4.59. The van der Waals surface area contributed by atoms with Gasteiger partial charge in [0, 0.05) is 0 Å². The number of fused-ring (bicyclic) bond motifs is 1. The molecule has 0 saturated heterocycles. The lowest BCUT2D eigenvalue weighted by molar-refractivity contribution is 0.318. The van der Waals surface area contributed by atoms with E-state index in [2.05, 4.69) is 5.16 Å². The average molecular weight is 219 g/mol. The number of rotatable bonds is 1. The highest BCUT2D eigenvalue weighted by atomic mass is 16.4. The third-order valence-electron chi connectivity index (χ3n) is 2.30. The Hall–Kier alpha value is -2.30. The Kier molecular flexibility index (Phi) is 2.36. The first-order valence-corrected chi connectivity index (χ1v) is 4.59. The predicted octanol–water partition coefficient (Wildman–Crippen LogP) is 1.70. The van der Waals surface area contributed by atoms with Crippen LogP contribution >= 0.6 is 0 Å². The van der Waals surface area contributed by atoms with Crippen LogP contribution in [0.1, 0.15) is 12.5 Å². The maximum Gasteiger partial charge on any atom is 0.349 e. The fraction of sp³-hybridized carbons (Fsp3) is 0.0909. The highest BCUT2D eigenvalue weighted by molar-refractivity contribution is 6.04. The van der Waals surface area contributed by atoms with E-state index in [1.165, 1.54) is 6.92 Å². The Balaban J connectivity index is 2.92. The maximum atomic E-state index is 11.5. The minimum atomic E-state index is -0.730. The third kappa shape index (κ3) is 1.42. The van der Waals surface area contributed by atoms with Crippen molar-refractivity contribution in [3.05, 3.63) is 40.2 Å². The molecule has 0 aliphatic rings. The zero-order valence-electron chi connectivity index (χ0n) is 8.47. The molecule has 0 radical (unpaired) electrons. The molecule has 16 heavy (non-hydrogen) atoms. The molecule has 2 N–H and O–H groups in total. The number of hydrogen-bond donors (Lipinski definition) is 2. The van der Waals surface area contributed by atoms with E-state index in [-0.39, 0.29) is 17.0 Å². The molecule has 0 aliphatic carbocycles. The number of oxime groups is 1. The highest BCUT2D eigenvalue weighted by Gasteiger charge is 2.16. The van der Waals surface area contributed by atoms with Gasteiger partial charge in [0.2, 0.25) is 0 Å². The molecule has 1 aromatic carbocycles. The molecule has 5 nitrogen and oxygen atoms in total. The van der Waals surface area contributed by atoms with Gasteiger partial charge >= 0.3 is 5.63 Å². The molecule has 82 valence electrons. The molecule has 0 saturated carbocycles. The van der Waals surface area contributed by atoms with Crippen LogP contribution in [0, 0.1) is 0 Å². The maximum absolute atomic E-state index is 11.5. The zero-order chi connectivity index (χ0) is 11.7. The minimum absolute atomic E-state index is 0.0111. The summed E-state index contributed by atoms with van der Waals surface area (Å²) in [5.74, 6) is -0.234. The molecular formula is C11H9NO4. The van der Waals surface area contributed by atoms with Crippen molar-refractivity contribution < 1.29 is 14.7 Å². The molecule has 2 aromatic rings. The summed E-state index contributed by atoms with van der Waals surface area (Å²) < 4.78 is 4.99. The fourth-order valence-corrected chi connectivity index (χ4v) is 1.50. The topological polar surface area (TPSA) is 83.0 Å². The van der Waals surface area contributed by atoms with E-state index in [9.17, 15) is 9.90 Å². The quantitative estimate of drug-likeness (QED) is 0.331. The molecule has 0 fully saturated rings. The minimum Gasteiger partial charge on any atom is -0.506 e. The number of benzene rings is 1. The molecule has 0 bridgehead atoms. The summed E-state index contributed by atoms with van der Waals surface area (Å²) in [6.45, 7) is 1.40. The van der Waals surface area contributed by atoms with E-state index in [1.807, 2.05) is 0 Å². The van der Waals surface area contributed by atoms with Crippen molar-refractivity contribution in [1.82, 2.24) is 0 Å². The van der Waals surface area contributed by atoms with E-state index in [0.29, 0.717) is 11.0 Å². The Morgan fingerprint density at radius 2 is 2.06 bits per heavy atom. The molecule has 0 aliphatic heterocycles. The highest BCUT2D eigenvalue weighted by Crippen LogP contribution is 2.26. The first-order chi connectivity index (χ1) is 7.65. The van der Waals surface area contributed by atoms with Gasteiger partial charge in [-0.1, -0.05) is 17.3 Å². The van der Waals surface area contributed by atoms with Crippen LogP contribution in [0.15, 0.2) is 38.6 Å². The molecule has 0 amide bonds. The van der Waals surface area contributed by atoms with Gasteiger partial charge in [0.25, 0.3) is 0 Å². The molecule has 0 atom stereocenters. The van der Waals surface area contributed by atoms with E-state index in [4.69, 9.17) is 9.62 Å². The van der Waals surface area contributed by atoms with Crippen molar-refractivity contribution in [2.75, 3.05) is 0 Å². The SMILES string of the molecule is CC(=NO)c1c(O)c2ccccc2oc1=O. The van der Waals surface area contributed by atoms with Crippen LogP contribution < -0.4 is 5.63 Å². The number of aromatic hydroxyl groups is 1. The van der Waals surface area contributed by atoms with E-state index >= 15 is 0 Å². The predicted molar refractivity (Wildman–Crippen MR) is 58.1 cm³/mol. The zero-order valence-corrected chi connectivity index (χ0v) is 8.47. The van der Waals surface area contributed by atoms with Gasteiger partial charge in [-0.2, -0.15) is 0 Å². The summed E-state index contributed by atoms with van der Waals surface area (Å²) >= 11 is 0. The van der Waals surface area contributed by atoms with Crippen LogP contribution in [0.25, 0.3) is 11.0 Å². The van der Waals surface area contributed by atoms with Crippen molar-refractivity contribution in [2.24, 2.45) is 5.16 Å².